The van der Waals surface area contributed by atoms with Crippen molar-refractivity contribution in [2.24, 2.45) is 5.92 Å². The maximum atomic E-state index is 11.0. The molecule has 0 bridgehead atoms. The lowest BCUT2D eigenvalue weighted by molar-refractivity contribution is -0.141. The zero-order valence-corrected chi connectivity index (χ0v) is 10.6. The maximum Gasteiger partial charge on any atom is 0.308 e. The number of hydrogen-bond acceptors (Lipinski definition) is 4. The normalized spacial score (nSPS) is 15.8. The van der Waals surface area contributed by atoms with E-state index in [0.29, 0.717) is 13.0 Å². The SMILES string of the molecule is CCC(CNc1ncnc2c1CCCC2)C(=O)O. The molecule has 0 aliphatic heterocycles. The average molecular weight is 249 g/mol. The molecule has 0 saturated carbocycles. The maximum absolute atomic E-state index is 11.0. The van der Waals surface area contributed by atoms with E-state index in [0.717, 1.165) is 30.8 Å². The second-order valence-corrected chi connectivity index (χ2v) is 4.68. The third kappa shape index (κ3) is 2.78. The zero-order valence-electron chi connectivity index (χ0n) is 10.6. The number of aliphatic carboxylic acids is 1. The molecule has 0 radical (unpaired) electrons. The highest BCUT2D eigenvalue weighted by Crippen LogP contribution is 2.24. The van der Waals surface area contributed by atoms with Crippen molar-refractivity contribution < 1.29 is 9.90 Å². The Morgan fingerprint density at radius 1 is 1.44 bits per heavy atom. The molecule has 0 spiro atoms. The van der Waals surface area contributed by atoms with Crippen molar-refractivity contribution >= 4 is 11.8 Å². The van der Waals surface area contributed by atoms with Crippen LogP contribution in [-0.2, 0) is 17.6 Å². The number of aromatic nitrogens is 2. The van der Waals surface area contributed by atoms with Crippen molar-refractivity contribution in [3.05, 3.63) is 17.6 Å². The number of aryl methyl sites for hydroxylation is 1. The molecule has 98 valence electrons. The van der Waals surface area contributed by atoms with Gasteiger partial charge in [0.1, 0.15) is 12.1 Å². The lowest BCUT2D eigenvalue weighted by Gasteiger charge is -2.19. The molecule has 1 aliphatic carbocycles. The molecule has 0 saturated heterocycles. The number of anilines is 1. The lowest BCUT2D eigenvalue weighted by Crippen LogP contribution is -2.23. The molecular formula is C13H19N3O2. The van der Waals surface area contributed by atoms with E-state index in [4.69, 9.17) is 5.11 Å². The van der Waals surface area contributed by atoms with Gasteiger partial charge in [-0.15, -0.1) is 0 Å². The highest BCUT2D eigenvalue weighted by Gasteiger charge is 2.18. The minimum absolute atomic E-state index is 0.362. The topological polar surface area (TPSA) is 75.1 Å². The molecule has 1 aromatic heterocycles. The van der Waals surface area contributed by atoms with Crippen LogP contribution in [0.5, 0.6) is 0 Å². The Hall–Kier alpha value is -1.65. The van der Waals surface area contributed by atoms with Crippen molar-refractivity contribution in [2.45, 2.75) is 39.0 Å². The monoisotopic (exact) mass is 249 g/mol. The first-order chi connectivity index (χ1) is 8.72. The van der Waals surface area contributed by atoms with Crippen LogP contribution in [-0.4, -0.2) is 27.6 Å². The molecule has 1 aromatic rings. The van der Waals surface area contributed by atoms with E-state index in [9.17, 15) is 4.79 Å². The minimum atomic E-state index is -0.757. The number of rotatable bonds is 5. The van der Waals surface area contributed by atoms with Gasteiger partial charge in [0.15, 0.2) is 0 Å². The summed E-state index contributed by atoms with van der Waals surface area (Å²) < 4.78 is 0. The smallest absolute Gasteiger partial charge is 0.308 e. The minimum Gasteiger partial charge on any atom is -0.481 e. The molecule has 1 aliphatic rings. The molecule has 1 unspecified atom stereocenters. The van der Waals surface area contributed by atoms with Crippen LogP contribution in [0.4, 0.5) is 5.82 Å². The van der Waals surface area contributed by atoms with Gasteiger partial charge < -0.3 is 10.4 Å². The largest absolute Gasteiger partial charge is 0.481 e. The highest BCUT2D eigenvalue weighted by molar-refractivity contribution is 5.70. The van der Waals surface area contributed by atoms with E-state index in [1.165, 1.54) is 12.0 Å². The summed E-state index contributed by atoms with van der Waals surface area (Å²) >= 11 is 0. The van der Waals surface area contributed by atoms with Crippen LogP contribution < -0.4 is 5.32 Å². The number of nitrogens with zero attached hydrogens (tertiary/aromatic N) is 2. The molecule has 18 heavy (non-hydrogen) atoms. The van der Waals surface area contributed by atoms with Crippen molar-refractivity contribution in [3.63, 3.8) is 0 Å². The number of carboxylic acid groups (broad SMARTS) is 1. The van der Waals surface area contributed by atoms with Crippen LogP contribution in [0.2, 0.25) is 0 Å². The summed E-state index contributed by atoms with van der Waals surface area (Å²) in [6.07, 6.45) is 6.51. The van der Waals surface area contributed by atoms with Crippen LogP contribution in [0.15, 0.2) is 6.33 Å². The highest BCUT2D eigenvalue weighted by atomic mass is 16.4. The third-order valence-corrected chi connectivity index (χ3v) is 3.48. The Morgan fingerprint density at radius 3 is 2.94 bits per heavy atom. The van der Waals surface area contributed by atoms with E-state index < -0.39 is 5.97 Å². The zero-order chi connectivity index (χ0) is 13.0. The van der Waals surface area contributed by atoms with Gasteiger partial charge in [-0.1, -0.05) is 6.92 Å². The summed E-state index contributed by atoms with van der Waals surface area (Å²) in [5, 5.41) is 12.2. The van der Waals surface area contributed by atoms with Gasteiger partial charge in [-0.3, -0.25) is 4.79 Å². The average Bonchev–Trinajstić information content (AvgIpc) is 2.39. The number of hydrogen-bond donors (Lipinski definition) is 2. The number of carbonyl (C=O) groups is 1. The standard InChI is InChI=1S/C13H19N3O2/c1-2-9(13(17)18)7-14-12-10-5-3-4-6-11(10)15-8-16-12/h8-9H,2-7H2,1H3,(H,17,18)(H,14,15,16). The summed E-state index contributed by atoms with van der Waals surface area (Å²) in [6, 6.07) is 0. The number of carboxylic acids is 1. The van der Waals surface area contributed by atoms with Crippen LogP contribution in [0.25, 0.3) is 0 Å². The second-order valence-electron chi connectivity index (χ2n) is 4.68. The molecular weight excluding hydrogens is 230 g/mol. The molecule has 0 fully saturated rings. The third-order valence-electron chi connectivity index (χ3n) is 3.48. The fourth-order valence-corrected chi connectivity index (χ4v) is 2.30. The first-order valence-electron chi connectivity index (χ1n) is 6.51. The van der Waals surface area contributed by atoms with E-state index in [1.807, 2.05) is 6.92 Å². The van der Waals surface area contributed by atoms with Gasteiger partial charge in [-0.25, -0.2) is 9.97 Å². The Kier molecular flexibility index (Phi) is 4.12. The van der Waals surface area contributed by atoms with Gasteiger partial charge in [0.2, 0.25) is 0 Å². The first kappa shape index (κ1) is 12.8. The van der Waals surface area contributed by atoms with E-state index >= 15 is 0 Å². The molecule has 2 rings (SSSR count). The predicted octanol–water partition coefficient (Wildman–Crippen LogP) is 1.88. The number of fused-ring (bicyclic) bond motifs is 1. The predicted molar refractivity (Wildman–Crippen MR) is 68.6 cm³/mol. The van der Waals surface area contributed by atoms with Gasteiger partial charge in [0, 0.05) is 17.8 Å². The van der Waals surface area contributed by atoms with Crippen LogP contribution >= 0.6 is 0 Å². The molecule has 5 nitrogen and oxygen atoms in total. The van der Waals surface area contributed by atoms with Gasteiger partial charge >= 0.3 is 5.97 Å². The number of nitrogens with one attached hydrogen (secondary N) is 1. The second kappa shape index (κ2) is 5.80. The fraction of sp³-hybridized carbons (Fsp3) is 0.615. The molecule has 0 amide bonds. The Balaban J connectivity index is 2.07. The van der Waals surface area contributed by atoms with Crippen molar-refractivity contribution in [1.29, 1.82) is 0 Å². The molecule has 0 aromatic carbocycles. The molecule has 2 N–H and O–H groups in total. The van der Waals surface area contributed by atoms with E-state index in [-0.39, 0.29) is 5.92 Å². The summed E-state index contributed by atoms with van der Waals surface area (Å²) in [4.78, 5) is 19.5. The summed E-state index contributed by atoms with van der Waals surface area (Å²) in [7, 11) is 0. The van der Waals surface area contributed by atoms with Crippen molar-refractivity contribution in [3.8, 4) is 0 Å². The van der Waals surface area contributed by atoms with Gasteiger partial charge in [0.05, 0.1) is 5.92 Å². The van der Waals surface area contributed by atoms with Crippen LogP contribution in [0.3, 0.4) is 0 Å². The quantitative estimate of drug-likeness (QED) is 0.833. The van der Waals surface area contributed by atoms with E-state index in [2.05, 4.69) is 15.3 Å². The van der Waals surface area contributed by atoms with Gasteiger partial charge in [-0.05, 0) is 32.1 Å². The molecule has 5 heteroatoms. The van der Waals surface area contributed by atoms with Gasteiger partial charge in [-0.2, -0.15) is 0 Å². The van der Waals surface area contributed by atoms with Crippen molar-refractivity contribution in [2.75, 3.05) is 11.9 Å². The van der Waals surface area contributed by atoms with E-state index in [1.54, 1.807) is 6.33 Å². The summed E-state index contributed by atoms with van der Waals surface area (Å²) in [5.41, 5.74) is 2.28. The molecule has 1 atom stereocenters. The molecule has 1 heterocycles. The Bertz CT molecular complexity index is 434. The Morgan fingerprint density at radius 2 is 2.22 bits per heavy atom. The summed E-state index contributed by atoms with van der Waals surface area (Å²) in [5.74, 6) is -0.300. The summed E-state index contributed by atoms with van der Waals surface area (Å²) in [6.45, 7) is 2.31. The first-order valence-corrected chi connectivity index (χ1v) is 6.51. The Labute approximate surface area is 107 Å². The van der Waals surface area contributed by atoms with Crippen molar-refractivity contribution in [1.82, 2.24) is 9.97 Å². The lowest BCUT2D eigenvalue weighted by atomic mass is 9.96. The fourth-order valence-electron chi connectivity index (χ4n) is 2.30. The van der Waals surface area contributed by atoms with Gasteiger partial charge in [0.25, 0.3) is 0 Å². The van der Waals surface area contributed by atoms with Crippen LogP contribution in [0.1, 0.15) is 37.4 Å². The van der Waals surface area contributed by atoms with Crippen LogP contribution in [0, 0.1) is 5.92 Å².